The molecule has 2 aromatic rings. The maximum Gasteiger partial charge on any atom is 0.0883 e. The minimum Gasteiger partial charge on any atom is -0.286 e. The number of hydrogen-bond donors (Lipinski definition) is 0. The minimum absolute atomic E-state index is 0.185. The van der Waals surface area contributed by atoms with E-state index in [1.807, 2.05) is 24.6 Å². The lowest BCUT2D eigenvalue weighted by Gasteiger charge is -2.16. The third-order valence-electron chi connectivity index (χ3n) is 3.47. The SMILES string of the molecule is C1=NC(Cc2ccccc2)C=NC1Cc1ccccc1. The molecule has 2 unspecified atom stereocenters. The van der Waals surface area contributed by atoms with Gasteiger partial charge >= 0.3 is 0 Å². The van der Waals surface area contributed by atoms with Crippen molar-refractivity contribution in [2.24, 2.45) is 9.98 Å². The van der Waals surface area contributed by atoms with Crippen LogP contribution in [0.3, 0.4) is 0 Å². The molecule has 0 fully saturated rings. The topological polar surface area (TPSA) is 24.7 Å². The molecule has 1 aliphatic rings. The largest absolute Gasteiger partial charge is 0.286 e. The summed E-state index contributed by atoms with van der Waals surface area (Å²) in [5.41, 5.74) is 2.62. The van der Waals surface area contributed by atoms with E-state index in [-0.39, 0.29) is 12.1 Å². The zero-order chi connectivity index (χ0) is 13.6. The molecule has 1 heterocycles. The number of rotatable bonds is 4. The summed E-state index contributed by atoms with van der Waals surface area (Å²) in [6.45, 7) is 0. The molecule has 100 valence electrons. The van der Waals surface area contributed by atoms with E-state index in [1.54, 1.807) is 0 Å². The third kappa shape index (κ3) is 3.41. The summed E-state index contributed by atoms with van der Waals surface area (Å²) in [4.78, 5) is 9.26. The molecule has 0 N–H and O–H groups in total. The van der Waals surface area contributed by atoms with Gasteiger partial charge in [-0.05, 0) is 24.0 Å². The van der Waals surface area contributed by atoms with E-state index < -0.39 is 0 Å². The Bertz CT molecular complexity index is 520. The Labute approximate surface area is 119 Å². The van der Waals surface area contributed by atoms with Crippen LogP contribution in [0.15, 0.2) is 70.6 Å². The van der Waals surface area contributed by atoms with Crippen LogP contribution >= 0.6 is 0 Å². The van der Waals surface area contributed by atoms with E-state index in [0.29, 0.717) is 0 Å². The second kappa shape index (κ2) is 6.29. The molecular weight excluding hydrogens is 244 g/mol. The normalized spacial score (nSPS) is 21.0. The van der Waals surface area contributed by atoms with Crippen molar-refractivity contribution in [1.82, 2.24) is 0 Å². The molecule has 20 heavy (non-hydrogen) atoms. The standard InChI is InChI=1S/C18H18N2/c1-3-7-15(8-4-1)11-17-13-20-18(14-19-17)12-16-9-5-2-6-10-16/h1-10,13-14,17-18H,11-12H2. The lowest BCUT2D eigenvalue weighted by molar-refractivity contribution is 0.788. The Morgan fingerprint density at radius 3 is 1.35 bits per heavy atom. The molecule has 2 nitrogen and oxygen atoms in total. The summed E-state index contributed by atoms with van der Waals surface area (Å²) in [5.74, 6) is 0. The van der Waals surface area contributed by atoms with E-state index in [4.69, 9.17) is 0 Å². The maximum atomic E-state index is 4.63. The van der Waals surface area contributed by atoms with E-state index in [9.17, 15) is 0 Å². The monoisotopic (exact) mass is 262 g/mol. The van der Waals surface area contributed by atoms with Gasteiger partial charge in [-0.25, -0.2) is 0 Å². The van der Waals surface area contributed by atoms with Crippen LogP contribution in [0.2, 0.25) is 0 Å². The van der Waals surface area contributed by atoms with Crippen LogP contribution in [0, 0.1) is 0 Å². The van der Waals surface area contributed by atoms with Crippen molar-refractivity contribution in [3.8, 4) is 0 Å². The lowest BCUT2D eigenvalue weighted by Crippen LogP contribution is -2.22. The molecular formula is C18H18N2. The van der Waals surface area contributed by atoms with Gasteiger partial charge in [-0.15, -0.1) is 0 Å². The Hall–Kier alpha value is -2.22. The predicted molar refractivity (Wildman–Crippen MR) is 84.9 cm³/mol. The van der Waals surface area contributed by atoms with Crippen molar-refractivity contribution in [2.75, 3.05) is 0 Å². The van der Waals surface area contributed by atoms with Gasteiger partial charge in [0, 0.05) is 12.4 Å². The summed E-state index contributed by atoms with van der Waals surface area (Å²) >= 11 is 0. The molecule has 0 spiro atoms. The highest BCUT2D eigenvalue weighted by molar-refractivity contribution is 5.78. The van der Waals surface area contributed by atoms with Gasteiger partial charge in [0.25, 0.3) is 0 Å². The number of aliphatic imine (C=N–C) groups is 2. The molecule has 0 aromatic heterocycles. The second-order valence-electron chi connectivity index (χ2n) is 5.11. The van der Waals surface area contributed by atoms with Crippen molar-refractivity contribution in [3.63, 3.8) is 0 Å². The molecule has 0 saturated heterocycles. The Kier molecular flexibility index (Phi) is 4.02. The second-order valence-corrected chi connectivity index (χ2v) is 5.11. The Morgan fingerprint density at radius 2 is 1.00 bits per heavy atom. The maximum absolute atomic E-state index is 4.63. The van der Waals surface area contributed by atoms with E-state index in [0.717, 1.165) is 12.8 Å². The molecule has 0 aliphatic carbocycles. The molecule has 1 aliphatic heterocycles. The fraction of sp³-hybridized carbons (Fsp3) is 0.222. The van der Waals surface area contributed by atoms with Crippen molar-refractivity contribution in [1.29, 1.82) is 0 Å². The van der Waals surface area contributed by atoms with Gasteiger partial charge in [0.15, 0.2) is 0 Å². The molecule has 0 saturated carbocycles. The van der Waals surface area contributed by atoms with Gasteiger partial charge in [0.1, 0.15) is 0 Å². The van der Waals surface area contributed by atoms with Crippen molar-refractivity contribution in [3.05, 3.63) is 71.8 Å². The van der Waals surface area contributed by atoms with E-state index in [2.05, 4.69) is 58.5 Å². The van der Waals surface area contributed by atoms with Crippen LogP contribution in [0.1, 0.15) is 11.1 Å². The average molecular weight is 262 g/mol. The first-order valence-electron chi connectivity index (χ1n) is 7.04. The lowest BCUT2D eigenvalue weighted by atomic mass is 10.0. The molecule has 2 heteroatoms. The first-order valence-corrected chi connectivity index (χ1v) is 7.04. The van der Waals surface area contributed by atoms with Gasteiger partial charge < -0.3 is 0 Å². The number of hydrogen-bond acceptors (Lipinski definition) is 2. The van der Waals surface area contributed by atoms with Gasteiger partial charge in [0.05, 0.1) is 12.1 Å². The van der Waals surface area contributed by atoms with Gasteiger partial charge in [-0.1, -0.05) is 60.7 Å². The van der Waals surface area contributed by atoms with Gasteiger partial charge in [-0.3, -0.25) is 9.98 Å². The van der Waals surface area contributed by atoms with Crippen LogP contribution in [0.5, 0.6) is 0 Å². The number of benzene rings is 2. The predicted octanol–water partition coefficient (Wildman–Crippen LogP) is 3.36. The average Bonchev–Trinajstić information content (AvgIpc) is 2.51. The van der Waals surface area contributed by atoms with E-state index >= 15 is 0 Å². The molecule has 0 radical (unpaired) electrons. The van der Waals surface area contributed by atoms with Gasteiger partial charge in [-0.2, -0.15) is 0 Å². The van der Waals surface area contributed by atoms with Crippen LogP contribution in [0.4, 0.5) is 0 Å². The Balaban J connectivity index is 1.57. The van der Waals surface area contributed by atoms with Crippen molar-refractivity contribution < 1.29 is 0 Å². The van der Waals surface area contributed by atoms with Crippen LogP contribution in [0.25, 0.3) is 0 Å². The molecule has 0 amide bonds. The summed E-state index contributed by atoms with van der Waals surface area (Å²) < 4.78 is 0. The first kappa shape index (κ1) is 12.8. The highest BCUT2D eigenvalue weighted by Gasteiger charge is 2.12. The zero-order valence-electron chi connectivity index (χ0n) is 11.4. The van der Waals surface area contributed by atoms with Gasteiger partial charge in [0.2, 0.25) is 0 Å². The van der Waals surface area contributed by atoms with Crippen LogP contribution in [-0.2, 0) is 12.8 Å². The van der Waals surface area contributed by atoms with Crippen molar-refractivity contribution >= 4 is 12.4 Å². The summed E-state index contributed by atoms with van der Waals surface area (Å²) in [6, 6.07) is 21.3. The Morgan fingerprint density at radius 1 is 0.600 bits per heavy atom. The molecule has 0 bridgehead atoms. The van der Waals surface area contributed by atoms with E-state index in [1.165, 1.54) is 11.1 Å². The fourth-order valence-electron chi connectivity index (χ4n) is 2.42. The summed E-state index contributed by atoms with van der Waals surface area (Å²) in [6.07, 6.45) is 5.86. The first-order chi connectivity index (χ1) is 9.90. The quantitative estimate of drug-likeness (QED) is 0.807. The summed E-state index contributed by atoms with van der Waals surface area (Å²) in [5, 5.41) is 0. The smallest absolute Gasteiger partial charge is 0.0883 e. The molecule has 3 rings (SSSR count). The minimum atomic E-state index is 0.185. The van der Waals surface area contributed by atoms with Crippen LogP contribution < -0.4 is 0 Å². The van der Waals surface area contributed by atoms with Crippen LogP contribution in [-0.4, -0.2) is 24.5 Å². The third-order valence-corrected chi connectivity index (χ3v) is 3.47. The highest BCUT2D eigenvalue weighted by Crippen LogP contribution is 2.10. The van der Waals surface area contributed by atoms with Crippen molar-refractivity contribution in [2.45, 2.75) is 24.9 Å². The molecule has 2 atom stereocenters. The number of nitrogens with zero attached hydrogens (tertiary/aromatic N) is 2. The zero-order valence-corrected chi connectivity index (χ0v) is 11.4. The summed E-state index contributed by atoms with van der Waals surface area (Å²) in [7, 11) is 0. The highest BCUT2D eigenvalue weighted by atomic mass is 14.9. The fourth-order valence-corrected chi connectivity index (χ4v) is 2.42. The molecule has 2 aromatic carbocycles.